The van der Waals surface area contributed by atoms with Crippen LogP contribution >= 0.6 is 0 Å². The van der Waals surface area contributed by atoms with E-state index in [0.717, 1.165) is 0 Å². The second-order valence-electron chi connectivity index (χ2n) is 2.92. The zero-order valence-electron chi connectivity index (χ0n) is 9.23. The maximum absolute atomic E-state index is 11.0. The molecule has 0 amide bonds. The Morgan fingerprint density at radius 3 is 2.00 bits per heavy atom. The second kappa shape index (κ2) is 4.61. The number of nitrogens with two attached hydrogens (primary N) is 1. The Balaban J connectivity index is 3.56. The van der Waals surface area contributed by atoms with Crippen molar-refractivity contribution in [2.24, 2.45) is 0 Å². The van der Waals surface area contributed by atoms with E-state index in [1.54, 1.807) is 0 Å². The number of ether oxygens (including phenoxy) is 3. The molecule has 1 aromatic carbocycles. The van der Waals surface area contributed by atoms with Crippen molar-refractivity contribution < 1.29 is 24.1 Å². The van der Waals surface area contributed by atoms with Crippen LogP contribution in [0.3, 0.4) is 0 Å². The first-order valence-electron chi connectivity index (χ1n) is 4.38. The van der Waals surface area contributed by atoms with Gasteiger partial charge in [-0.15, -0.1) is 0 Å². The van der Waals surface area contributed by atoms with Gasteiger partial charge in [0.1, 0.15) is 5.56 Å². The van der Waals surface area contributed by atoms with Crippen molar-refractivity contribution in [2.45, 2.75) is 0 Å². The van der Waals surface area contributed by atoms with Crippen molar-refractivity contribution in [3.63, 3.8) is 0 Å². The highest BCUT2D eigenvalue weighted by molar-refractivity contribution is 5.94. The van der Waals surface area contributed by atoms with Gasteiger partial charge in [-0.2, -0.15) is 0 Å². The predicted molar refractivity (Wildman–Crippen MR) is 57.5 cm³/mol. The molecule has 0 heterocycles. The minimum Gasteiger partial charge on any atom is -0.492 e. The van der Waals surface area contributed by atoms with Gasteiger partial charge in [-0.1, -0.05) is 0 Å². The molecular weight excluding hydrogens is 214 g/mol. The molecule has 16 heavy (non-hydrogen) atoms. The van der Waals surface area contributed by atoms with E-state index in [1.807, 2.05) is 0 Å². The van der Waals surface area contributed by atoms with Crippen LogP contribution in [-0.2, 0) is 0 Å². The first-order chi connectivity index (χ1) is 7.56. The number of nitrogen functional groups attached to an aromatic ring is 1. The summed E-state index contributed by atoms with van der Waals surface area (Å²) in [7, 11) is 4.14. The lowest BCUT2D eigenvalue weighted by molar-refractivity contribution is 0.0692. The zero-order valence-corrected chi connectivity index (χ0v) is 9.23. The maximum atomic E-state index is 11.0. The van der Waals surface area contributed by atoms with Crippen molar-refractivity contribution in [3.05, 3.63) is 11.6 Å². The van der Waals surface area contributed by atoms with Gasteiger partial charge in [0.15, 0.2) is 11.5 Å². The summed E-state index contributed by atoms with van der Waals surface area (Å²) in [5.41, 5.74) is 5.75. The molecule has 0 saturated heterocycles. The summed E-state index contributed by atoms with van der Waals surface area (Å²) in [6.45, 7) is 0. The molecule has 1 rings (SSSR count). The number of anilines is 1. The highest BCUT2D eigenvalue weighted by Gasteiger charge is 2.22. The van der Waals surface area contributed by atoms with Crippen molar-refractivity contribution in [1.82, 2.24) is 0 Å². The molecule has 1 aromatic rings. The van der Waals surface area contributed by atoms with Crippen molar-refractivity contribution >= 4 is 11.7 Å². The van der Waals surface area contributed by atoms with Crippen molar-refractivity contribution in [1.29, 1.82) is 0 Å². The first kappa shape index (κ1) is 12.0. The van der Waals surface area contributed by atoms with E-state index in [-0.39, 0.29) is 28.5 Å². The Morgan fingerprint density at radius 2 is 1.62 bits per heavy atom. The monoisotopic (exact) mass is 227 g/mol. The molecule has 6 heteroatoms. The van der Waals surface area contributed by atoms with Crippen molar-refractivity contribution in [3.8, 4) is 17.2 Å². The predicted octanol–water partition coefficient (Wildman–Crippen LogP) is 0.993. The molecule has 0 atom stereocenters. The smallest absolute Gasteiger partial charge is 0.339 e. The average molecular weight is 227 g/mol. The third-order valence-corrected chi connectivity index (χ3v) is 2.06. The van der Waals surface area contributed by atoms with E-state index < -0.39 is 5.97 Å². The number of benzene rings is 1. The quantitative estimate of drug-likeness (QED) is 0.745. The molecule has 0 aliphatic heterocycles. The van der Waals surface area contributed by atoms with Crippen LogP contribution in [0, 0.1) is 0 Å². The number of rotatable bonds is 4. The number of carbonyl (C=O) groups is 1. The van der Waals surface area contributed by atoms with Crippen molar-refractivity contribution in [2.75, 3.05) is 27.1 Å². The summed E-state index contributed by atoms with van der Waals surface area (Å²) in [5.74, 6) is -0.641. The van der Waals surface area contributed by atoms with Gasteiger partial charge in [0.05, 0.1) is 27.0 Å². The summed E-state index contributed by atoms with van der Waals surface area (Å²) in [4.78, 5) is 11.0. The molecule has 0 aromatic heterocycles. The summed E-state index contributed by atoms with van der Waals surface area (Å²) in [6.07, 6.45) is 0. The van der Waals surface area contributed by atoms with Gasteiger partial charge < -0.3 is 25.1 Å². The summed E-state index contributed by atoms with van der Waals surface area (Å²) in [6, 6.07) is 1.27. The van der Waals surface area contributed by atoms with Crippen LogP contribution < -0.4 is 19.9 Å². The Labute approximate surface area is 92.5 Å². The van der Waals surface area contributed by atoms with Gasteiger partial charge in [-0.05, 0) is 6.07 Å². The Kier molecular flexibility index (Phi) is 3.44. The number of carboxylic acid groups (broad SMARTS) is 1. The van der Waals surface area contributed by atoms with Crippen LogP contribution in [0.4, 0.5) is 5.69 Å². The molecule has 0 spiro atoms. The fourth-order valence-corrected chi connectivity index (χ4v) is 1.40. The van der Waals surface area contributed by atoms with Crippen LogP contribution in [-0.4, -0.2) is 32.4 Å². The van der Waals surface area contributed by atoms with Gasteiger partial charge >= 0.3 is 5.97 Å². The third kappa shape index (κ3) is 1.81. The molecule has 88 valence electrons. The van der Waals surface area contributed by atoms with E-state index in [0.29, 0.717) is 0 Å². The SMILES string of the molecule is COc1c(N)cc(C(=O)O)c(OC)c1OC. The molecule has 0 saturated carbocycles. The first-order valence-corrected chi connectivity index (χ1v) is 4.38. The number of hydrogen-bond donors (Lipinski definition) is 2. The average Bonchev–Trinajstić information content (AvgIpc) is 2.27. The highest BCUT2D eigenvalue weighted by Crippen LogP contribution is 2.43. The fraction of sp³-hybridized carbons (Fsp3) is 0.300. The minimum atomic E-state index is -1.15. The molecule has 0 aliphatic rings. The Bertz CT molecular complexity index is 416. The van der Waals surface area contributed by atoms with E-state index in [4.69, 9.17) is 25.1 Å². The zero-order chi connectivity index (χ0) is 12.3. The molecule has 0 aliphatic carbocycles. The van der Waals surface area contributed by atoms with E-state index in [9.17, 15) is 4.79 Å². The number of hydrogen-bond acceptors (Lipinski definition) is 5. The van der Waals surface area contributed by atoms with Crippen LogP contribution in [0.2, 0.25) is 0 Å². The fourth-order valence-electron chi connectivity index (χ4n) is 1.40. The molecule has 0 bridgehead atoms. The topological polar surface area (TPSA) is 91.0 Å². The van der Waals surface area contributed by atoms with Crippen LogP contribution in [0.1, 0.15) is 10.4 Å². The van der Waals surface area contributed by atoms with Gasteiger partial charge in [0.25, 0.3) is 0 Å². The molecule has 0 unspecified atom stereocenters. The normalized spacial score (nSPS) is 9.69. The Hall–Kier alpha value is -2.11. The van der Waals surface area contributed by atoms with Crippen LogP contribution in [0.25, 0.3) is 0 Å². The molecule has 0 fully saturated rings. The van der Waals surface area contributed by atoms with E-state index >= 15 is 0 Å². The maximum Gasteiger partial charge on any atom is 0.339 e. The largest absolute Gasteiger partial charge is 0.492 e. The van der Waals surface area contributed by atoms with Crippen LogP contribution in [0.5, 0.6) is 17.2 Å². The Morgan fingerprint density at radius 1 is 1.12 bits per heavy atom. The summed E-state index contributed by atoms with van der Waals surface area (Å²) < 4.78 is 15.0. The lowest BCUT2D eigenvalue weighted by Crippen LogP contribution is -2.06. The second-order valence-corrected chi connectivity index (χ2v) is 2.92. The number of methoxy groups -OCH3 is 3. The van der Waals surface area contributed by atoms with Crippen LogP contribution in [0.15, 0.2) is 6.07 Å². The lowest BCUT2D eigenvalue weighted by atomic mass is 10.1. The van der Waals surface area contributed by atoms with Gasteiger partial charge in [0.2, 0.25) is 5.75 Å². The minimum absolute atomic E-state index is 0.0716. The summed E-state index contributed by atoms with van der Waals surface area (Å²) >= 11 is 0. The number of carboxylic acids is 1. The molecule has 6 nitrogen and oxygen atoms in total. The highest BCUT2D eigenvalue weighted by atomic mass is 16.5. The lowest BCUT2D eigenvalue weighted by Gasteiger charge is -2.15. The third-order valence-electron chi connectivity index (χ3n) is 2.06. The number of aromatic carboxylic acids is 1. The van der Waals surface area contributed by atoms with Gasteiger partial charge in [-0.25, -0.2) is 4.79 Å². The van der Waals surface area contributed by atoms with E-state index in [1.165, 1.54) is 27.4 Å². The molecule has 3 N–H and O–H groups in total. The molecular formula is C10H13NO5. The standard InChI is InChI=1S/C10H13NO5/c1-14-7-5(10(12)13)4-6(11)8(15-2)9(7)16-3/h4H,11H2,1-3H3,(H,12,13). The molecule has 0 radical (unpaired) electrons. The van der Waals surface area contributed by atoms with Gasteiger partial charge in [-0.3, -0.25) is 0 Å². The van der Waals surface area contributed by atoms with E-state index in [2.05, 4.69) is 0 Å². The summed E-state index contributed by atoms with van der Waals surface area (Å²) in [5, 5.41) is 8.97. The van der Waals surface area contributed by atoms with Gasteiger partial charge in [0, 0.05) is 0 Å².